The molecule has 3 nitrogen and oxygen atoms in total. The van der Waals surface area contributed by atoms with Crippen molar-refractivity contribution in [1.29, 1.82) is 0 Å². The fraction of sp³-hybridized carbons (Fsp3) is 0.417. The number of phenols is 1. The molecule has 15 heavy (non-hydrogen) atoms. The molecule has 1 saturated carbocycles. The highest BCUT2D eigenvalue weighted by atomic mass is 16.5. The molecule has 1 aliphatic rings. The number of rotatable bonds is 5. The predicted molar refractivity (Wildman–Crippen MR) is 56.1 cm³/mol. The number of aldehydes is 1. The van der Waals surface area contributed by atoms with Crippen molar-refractivity contribution in [2.75, 3.05) is 6.61 Å². The smallest absolute Gasteiger partial charge is 0.126 e. The maximum atomic E-state index is 10.5. The molecule has 0 bridgehead atoms. The number of hydrogen-bond donors (Lipinski definition) is 1. The molecule has 1 N–H and O–H groups in total. The van der Waals surface area contributed by atoms with E-state index in [9.17, 15) is 9.90 Å². The summed E-state index contributed by atoms with van der Waals surface area (Å²) in [5.41, 5.74) is 0.591. The first kappa shape index (κ1) is 10.0. The van der Waals surface area contributed by atoms with Crippen molar-refractivity contribution in [3.05, 3.63) is 23.8 Å². The minimum Gasteiger partial charge on any atom is -0.508 e. The van der Waals surface area contributed by atoms with Crippen LogP contribution in [0.25, 0.3) is 0 Å². The minimum absolute atomic E-state index is 0.135. The van der Waals surface area contributed by atoms with Gasteiger partial charge in [0.05, 0.1) is 6.61 Å². The van der Waals surface area contributed by atoms with Crippen LogP contribution in [0.3, 0.4) is 0 Å². The van der Waals surface area contributed by atoms with Crippen molar-refractivity contribution in [2.45, 2.75) is 19.3 Å². The molecule has 0 aliphatic heterocycles. The Labute approximate surface area is 88.7 Å². The van der Waals surface area contributed by atoms with Crippen molar-refractivity contribution >= 4 is 6.29 Å². The zero-order valence-corrected chi connectivity index (χ0v) is 8.48. The van der Waals surface area contributed by atoms with E-state index < -0.39 is 0 Å². The normalized spacial score (nSPS) is 14.9. The van der Waals surface area contributed by atoms with Gasteiger partial charge >= 0.3 is 0 Å². The molecule has 1 aromatic carbocycles. The van der Waals surface area contributed by atoms with Crippen LogP contribution in [-0.4, -0.2) is 18.0 Å². The van der Waals surface area contributed by atoms with Gasteiger partial charge in [-0.1, -0.05) is 6.07 Å². The average molecular weight is 206 g/mol. The van der Waals surface area contributed by atoms with Crippen LogP contribution >= 0.6 is 0 Å². The second-order valence-corrected chi connectivity index (χ2v) is 3.88. The Kier molecular flexibility index (Phi) is 2.90. The minimum atomic E-state index is 0.135. The molecule has 80 valence electrons. The quantitative estimate of drug-likeness (QED) is 0.749. The summed E-state index contributed by atoms with van der Waals surface area (Å²) in [4.78, 5) is 10.5. The van der Waals surface area contributed by atoms with Gasteiger partial charge in [-0.15, -0.1) is 0 Å². The number of aromatic hydroxyl groups is 1. The molecule has 1 fully saturated rings. The van der Waals surface area contributed by atoms with Gasteiger partial charge in [0.25, 0.3) is 0 Å². The van der Waals surface area contributed by atoms with Crippen LogP contribution in [0, 0.1) is 5.92 Å². The van der Waals surface area contributed by atoms with Gasteiger partial charge in [-0.2, -0.15) is 0 Å². The van der Waals surface area contributed by atoms with E-state index >= 15 is 0 Å². The molecule has 0 saturated heterocycles. The van der Waals surface area contributed by atoms with Crippen LogP contribution in [0.1, 0.15) is 18.4 Å². The largest absolute Gasteiger partial charge is 0.508 e. The molecule has 0 aromatic heterocycles. The zero-order valence-electron chi connectivity index (χ0n) is 8.48. The SMILES string of the molecule is O=CCc1c(O)cccc1OCC1CC1. The number of hydrogen-bond acceptors (Lipinski definition) is 3. The second kappa shape index (κ2) is 4.34. The average Bonchev–Trinajstić information content (AvgIpc) is 3.03. The van der Waals surface area contributed by atoms with E-state index in [2.05, 4.69) is 0 Å². The van der Waals surface area contributed by atoms with E-state index in [4.69, 9.17) is 4.74 Å². The Morgan fingerprint density at radius 3 is 2.93 bits per heavy atom. The third-order valence-corrected chi connectivity index (χ3v) is 2.57. The third-order valence-electron chi connectivity index (χ3n) is 2.57. The van der Waals surface area contributed by atoms with Gasteiger partial charge in [-0.25, -0.2) is 0 Å². The number of carbonyl (C=O) groups excluding carboxylic acids is 1. The van der Waals surface area contributed by atoms with Crippen molar-refractivity contribution in [3.8, 4) is 11.5 Å². The predicted octanol–water partition coefficient (Wildman–Crippen LogP) is 1.92. The van der Waals surface area contributed by atoms with Gasteiger partial charge in [0.15, 0.2) is 0 Å². The Morgan fingerprint density at radius 1 is 1.47 bits per heavy atom. The van der Waals surface area contributed by atoms with Crippen LogP contribution in [0.15, 0.2) is 18.2 Å². The van der Waals surface area contributed by atoms with Crippen molar-refractivity contribution in [2.24, 2.45) is 5.92 Å². The Morgan fingerprint density at radius 2 is 2.27 bits per heavy atom. The zero-order chi connectivity index (χ0) is 10.7. The lowest BCUT2D eigenvalue weighted by molar-refractivity contribution is -0.107. The monoisotopic (exact) mass is 206 g/mol. The Hall–Kier alpha value is -1.51. The van der Waals surface area contributed by atoms with E-state index in [1.54, 1.807) is 18.2 Å². The lowest BCUT2D eigenvalue weighted by atomic mass is 10.1. The fourth-order valence-corrected chi connectivity index (χ4v) is 1.47. The van der Waals surface area contributed by atoms with Crippen molar-refractivity contribution in [1.82, 2.24) is 0 Å². The molecule has 3 heteroatoms. The number of ether oxygens (including phenoxy) is 1. The maximum Gasteiger partial charge on any atom is 0.126 e. The first-order chi connectivity index (χ1) is 7.31. The first-order valence-electron chi connectivity index (χ1n) is 5.18. The van der Waals surface area contributed by atoms with Gasteiger partial charge in [-0.05, 0) is 30.9 Å². The third kappa shape index (κ3) is 2.49. The van der Waals surface area contributed by atoms with E-state index in [-0.39, 0.29) is 12.2 Å². The molecule has 1 aliphatic carbocycles. The van der Waals surface area contributed by atoms with Crippen LogP contribution in [0.5, 0.6) is 11.5 Å². The molecule has 0 amide bonds. The lowest BCUT2D eigenvalue weighted by Crippen LogP contribution is -2.02. The summed E-state index contributed by atoms with van der Waals surface area (Å²) in [5, 5.41) is 9.56. The number of phenolic OH excluding ortho intramolecular Hbond substituents is 1. The number of benzene rings is 1. The molecular formula is C12H14O3. The highest BCUT2D eigenvalue weighted by molar-refractivity contribution is 5.60. The standard InChI is InChI=1S/C12H14O3/c13-7-6-10-11(14)2-1-3-12(10)15-8-9-4-5-9/h1-3,7,9,14H,4-6,8H2. The highest BCUT2D eigenvalue weighted by Gasteiger charge is 2.22. The summed E-state index contributed by atoms with van der Waals surface area (Å²) in [5.74, 6) is 1.43. The van der Waals surface area contributed by atoms with Crippen LogP contribution in [0.4, 0.5) is 0 Å². The summed E-state index contributed by atoms with van der Waals surface area (Å²) in [7, 11) is 0. The van der Waals surface area contributed by atoms with E-state index in [1.165, 1.54) is 12.8 Å². The van der Waals surface area contributed by atoms with Crippen LogP contribution < -0.4 is 4.74 Å². The molecule has 0 unspecified atom stereocenters. The molecule has 0 radical (unpaired) electrons. The Bertz CT molecular complexity index is 356. The molecule has 0 atom stereocenters. The lowest BCUT2D eigenvalue weighted by Gasteiger charge is -2.10. The molecule has 0 heterocycles. The van der Waals surface area contributed by atoms with Crippen LogP contribution in [-0.2, 0) is 11.2 Å². The maximum absolute atomic E-state index is 10.5. The number of carbonyl (C=O) groups is 1. The summed E-state index contributed by atoms with van der Waals surface area (Å²) in [6, 6.07) is 5.09. The van der Waals surface area contributed by atoms with Gasteiger partial charge in [0.1, 0.15) is 17.8 Å². The van der Waals surface area contributed by atoms with Gasteiger partial charge in [-0.3, -0.25) is 0 Å². The summed E-state index contributed by atoms with van der Waals surface area (Å²) >= 11 is 0. The highest BCUT2D eigenvalue weighted by Crippen LogP contribution is 2.32. The summed E-state index contributed by atoms with van der Waals surface area (Å²) < 4.78 is 5.58. The van der Waals surface area contributed by atoms with Crippen molar-refractivity contribution < 1.29 is 14.6 Å². The van der Waals surface area contributed by atoms with Crippen molar-refractivity contribution in [3.63, 3.8) is 0 Å². The van der Waals surface area contributed by atoms with E-state index in [0.29, 0.717) is 23.8 Å². The topological polar surface area (TPSA) is 46.5 Å². The molecule has 2 rings (SSSR count). The first-order valence-corrected chi connectivity index (χ1v) is 5.18. The molecular weight excluding hydrogens is 192 g/mol. The molecule has 0 spiro atoms. The van der Waals surface area contributed by atoms with Gasteiger partial charge in [0, 0.05) is 12.0 Å². The van der Waals surface area contributed by atoms with E-state index in [0.717, 1.165) is 6.29 Å². The molecule has 1 aromatic rings. The van der Waals surface area contributed by atoms with E-state index in [1.807, 2.05) is 0 Å². The summed E-state index contributed by atoms with van der Waals surface area (Å²) in [6.07, 6.45) is 3.43. The Balaban J connectivity index is 2.11. The summed E-state index contributed by atoms with van der Waals surface area (Å²) in [6.45, 7) is 0.690. The van der Waals surface area contributed by atoms with Gasteiger partial charge in [0.2, 0.25) is 0 Å². The van der Waals surface area contributed by atoms with Crippen LogP contribution in [0.2, 0.25) is 0 Å². The fourth-order valence-electron chi connectivity index (χ4n) is 1.47. The second-order valence-electron chi connectivity index (χ2n) is 3.88. The van der Waals surface area contributed by atoms with Gasteiger partial charge < -0.3 is 14.6 Å².